The van der Waals surface area contributed by atoms with E-state index in [2.05, 4.69) is 9.93 Å². The van der Waals surface area contributed by atoms with Crippen LogP contribution in [0.4, 0.5) is 0 Å². The van der Waals surface area contributed by atoms with Crippen LogP contribution in [0.2, 0.25) is 5.02 Å². The van der Waals surface area contributed by atoms with Gasteiger partial charge >= 0.3 is 5.97 Å². The molecule has 0 aliphatic rings. The van der Waals surface area contributed by atoms with Crippen LogP contribution < -0.4 is 19.0 Å². The summed E-state index contributed by atoms with van der Waals surface area (Å²) in [6, 6.07) is 16.8. The standard InChI is InChI=1S/C22H19ClN2O6S/c1-29-20-12-5-16(13-21(20)30-2)22(26)31-18-8-3-15(4-9-18)14-24-25-32(27,28)19-10-6-17(23)7-11-19/h3-14,25H,1-2H3/b24-14-. The molecule has 0 spiro atoms. The Labute approximate surface area is 190 Å². The fraction of sp³-hybridized carbons (Fsp3) is 0.0909. The van der Waals surface area contributed by atoms with E-state index in [9.17, 15) is 13.2 Å². The van der Waals surface area contributed by atoms with Crippen LogP contribution in [0.3, 0.4) is 0 Å². The summed E-state index contributed by atoms with van der Waals surface area (Å²) in [5.41, 5.74) is 0.889. The van der Waals surface area contributed by atoms with Gasteiger partial charge in [-0.2, -0.15) is 13.5 Å². The third kappa shape index (κ3) is 5.77. The molecule has 3 aromatic carbocycles. The van der Waals surface area contributed by atoms with Crippen LogP contribution in [-0.2, 0) is 10.0 Å². The molecule has 0 atom stereocenters. The van der Waals surface area contributed by atoms with E-state index in [-0.39, 0.29) is 4.90 Å². The number of esters is 1. The second-order valence-electron chi connectivity index (χ2n) is 6.34. The summed E-state index contributed by atoms with van der Waals surface area (Å²) < 4.78 is 40.1. The average molecular weight is 475 g/mol. The van der Waals surface area contributed by atoms with Gasteiger partial charge in [-0.25, -0.2) is 9.63 Å². The summed E-state index contributed by atoms with van der Waals surface area (Å²) in [5.74, 6) is 0.653. The topological polar surface area (TPSA) is 103 Å². The van der Waals surface area contributed by atoms with E-state index in [1.54, 1.807) is 36.4 Å². The second kappa shape index (κ2) is 10.2. The van der Waals surface area contributed by atoms with E-state index in [4.69, 9.17) is 25.8 Å². The van der Waals surface area contributed by atoms with Crippen LogP contribution in [0.1, 0.15) is 15.9 Å². The quantitative estimate of drug-likeness (QED) is 0.230. The molecule has 0 aliphatic carbocycles. The van der Waals surface area contributed by atoms with Crippen LogP contribution in [0.25, 0.3) is 0 Å². The Balaban J connectivity index is 1.62. The molecule has 0 aromatic heterocycles. The van der Waals surface area contributed by atoms with E-state index in [1.165, 1.54) is 50.8 Å². The number of carbonyl (C=O) groups is 1. The molecule has 1 N–H and O–H groups in total. The Morgan fingerprint density at radius 1 is 0.938 bits per heavy atom. The summed E-state index contributed by atoms with van der Waals surface area (Å²) >= 11 is 5.76. The number of hydrazone groups is 1. The first-order valence-corrected chi connectivity index (χ1v) is 11.0. The van der Waals surface area contributed by atoms with Crippen molar-refractivity contribution in [3.63, 3.8) is 0 Å². The van der Waals surface area contributed by atoms with Gasteiger partial charge in [-0.15, -0.1) is 0 Å². The summed E-state index contributed by atoms with van der Waals surface area (Å²) in [5, 5.41) is 4.19. The highest BCUT2D eigenvalue weighted by Gasteiger charge is 2.13. The lowest BCUT2D eigenvalue weighted by atomic mass is 10.2. The zero-order valence-electron chi connectivity index (χ0n) is 17.1. The molecule has 0 heterocycles. The van der Waals surface area contributed by atoms with Gasteiger partial charge < -0.3 is 14.2 Å². The molecule has 0 saturated heterocycles. The number of carbonyl (C=O) groups excluding carboxylic acids is 1. The zero-order valence-corrected chi connectivity index (χ0v) is 18.7. The van der Waals surface area contributed by atoms with Crippen molar-refractivity contribution in [1.29, 1.82) is 0 Å². The van der Waals surface area contributed by atoms with Gasteiger partial charge in [-0.1, -0.05) is 11.6 Å². The highest BCUT2D eigenvalue weighted by molar-refractivity contribution is 7.89. The molecule has 3 rings (SSSR count). The van der Waals surface area contributed by atoms with Crippen molar-refractivity contribution in [2.75, 3.05) is 14.2 Å². The molecule has 0 bridgehead atoms. The summed E-state index contributed by atoms with van der Waals surface area (Å²) in [6.45, 7) is 0. The van der Waals surface area contributed by atoms with E-state index >= 15 is 0 Å². The van der Waals surface area contributed by atoms with Crippen molar-refractivity contribution in [2.45, 2.75) is 4.90 Å². The highest BCUT2D eigenvalue weighted by Crippen LogP contribution is 2.28. The van der Waals surface area contributed by atoms with Crippen molar-refractivity contribution < 1.29 is 27.4 Å². The lowest BCUT2D eigenvalue weighted by Gasteiger charge is -2.09. The normalized spacial score (nSPS) is 11.2. The Morgan fingerprint density at radius 2 is 1.59 bits per heavy atom. The molecule has 0 fully saturated rings. The molecule has 0 amide bonds. The third-order valence-electron chi connectivity index (χ3n) is 4.22. The maximum Gasteiger partial charge on any atom is 0.343 e. The fourth-order valence-corrected chi connectivity index (χ4v) is 3.51. The lowest BCUT2D eigenvalue weighted by Crippen LogP contribution is -2.18. The van der Waals surface area contributed by atoms with Crippen molar-refractivity contribution in [2.24, 2.45) is 5.10 Å². The van der Waals surface area contributed by atoms with Crippen LogP contribution >= 0.6 is 11.6 Å². The maximum absolute atomic E-state index is 12.4. The van der Waals surface area contributed by atoms with E-state index < -0.39 is 16.0 Å². The molecule has 3 aromatic rings. The van der Waals surface area contributed by atoms with Gasteiger partial charge in [-0.3, -0.25) is 0 Å². The molecule has 8 nitrogen and oxygen atoms in total. The third-order valence-corrected chi connectivity index (χ3v) is 5.71. The van der Waals surface area contributed by atoms with E-state index in [0.29, 0.717) is 33.4 Å². The van der Waals surface area contributed by atoms with Gasteiger partial charge in [-0.05, 0) is 72.3 Å². The van der Waals surface area contributed by atoms with Gasteiger partial charge in [0.05, 0.1) is 30.9 Å². The maximum atomic E-state index is 12.4. The SMILES string of the molecule is COc1ccc(C(=O)Oc2ccc(/C=N\NS(=O)(=O)c3ccc(Cl)cc3)cc2)cc1OC. The average Bonchev–Trinajstić information content (AvgIpc) is 2.80. The lowest BCUT2D eigenvalue weighted by molar-refractivity contribution is 0.0734. The van der Waals surface area contributed by atoms with Gasteiger partial charge in [0, 0.05) is 5.02 Å². The number of sulfonamides is 1. The number of hydrogen-bond donors (Lipinski definition) is 1. The first-order chi connectivity index (χ1) is 15.3. The molecule has 0 unspecified atom stereocenters. The highest BCUT2D eigenvalue weighted by atomic mass is 35.5. The molecule has 32 heavy (non-hydrogen) atoms. The van der Waals surface area contributed by atoms with Crippen LogP contribution in [0.15, 0.2) is 76.7 Å². The zero-order chi connectivity index (χ0) is 23.1. The van der Waals surface area contributed by atoms with Crippen molar-refractivity contribution >= 4 is 33.8 Å². The molecule has 166 valence electrons. The summed E-state index contributed by atoms with van der Waals surface area (Å²) in [7, 11) is -0.830. The number of benzene rings is 3. The van der Waals surface area contributed by atoms with Crippen molar-refractivity contribution in [3.05, 3.63) is 82.9 Å². The minimum atomic E-state index is -3.81. The number of hydrogen-bond acceptors (Lipinski definition) is 7. The minimum Gasteiger partial charge on any atom is -0.493 e. The molecule has 0 radical (unpaired) electrons. The van der Waals surface area contributed by atoms with E-state index in [0.717, 1.165) is 0 Å². The molecule has 0 aliphatic heterocycles. The Hall–Kier alpha value is -3.56. The predicted molar refractivity (Wildman–Crippen MR) is 120 cm³/mol. The van der Waals surface area contributed by atoms with Gasteiger partial charge in [0.25, 0.3) is 10.0 Å². The van der Waals surface area contributed by atoms with Crippen LogP contribution in [0.5, 0.6) is 17.2 Å². The fourth-order valence-electron chi connectivity index (χ4n) is 2.59. The van der Waals surface area contributed by atoms with Gasteiger partial charge in [0.1, 0.15) is 5.75 Å². The number of nitrogens with zero attached hydrogens (tertiary/aromatic N) is 1. The summed E-state index contributed by atoms with van der Waals surface area (Å²) in [4.78, 5) is 14.5. The van der Waals surface area contributed by atoms with Crippen molar-refractivity contribution in [1.82, 2.24) is 4.83 Å². The summed E-state index contributed by atoms with van der Waals surface area (Å²) in [6.07, 6.45) is 1.33. The molecule has 10 heteroatoms. The Bertz CT molecular complexity index is 1230. The Kier molecular flexibility index (Phi) is 7.34. The van der Waals surface area contributed by atoms with Gasteiger partial charge in [0.15, 0.2) is 11.5 Å². The first kappa shape index (κ1) is 23.1. The first-order valence-electron chi connectivity index (χ1n) is 9.17. The number of halogens is 1. The number of nitrogens with one attached hydrogen (secondary N) is 1. The predicted octanol–water partition coefficient (Wildman–Crippen LogP) is 3.89. The van der Waals surface area contributed by atoms with E-state index in [1.807, 2.05) is 0 Å². The molecular weight excluding hydrogens is 456 g/mol. The number of ether oxygens (including phenoxy) is 3. The van der Waals surface area contributed by atoms with Gasteiger partial charge in [0.2, 0.25) is 0 Å². The monoisotopic (exact) mass is 474 g/mol. The smallest absolute Gasteiger partial charge is 0.343 e. The largest absolute Gasteiger partial charge is 0.493 e. The van der Waals surface area contributed by atoms with Crippen molar-refractivity contribution in [3.8, 4) is 17.2 Å². The number of methoxy groups -OCH3 is 2. The molecular formula is C22H19ClN2O6S. The molecule has 0 saturated carbocycles. The van der Waals surface area contributed by atoms with Crippen LogP contribution in [-0.4, -0.2) is 34.8 Å². The van der Waals surface area contributed by atoms with Crippen LogP contribution in [0, 0.1) is 0 Å². The number of rotatable bonds is 8. The second-order valence-corrected chi connectivity index (χ2v) is 8.43. The minimum absolute atomic E-state index is 0.0384. The Morgan fingerprint density at radius 3 is 2.22 bits per heavy atom.